The topological polar surface area (TPSA) is 70.4 Å². The molecule has 2 heterocycles. The fourth-order valence-corrected chi connectivity index (χ4v) is 3.56. The number of hydrogen-bond acceptors (Lipinski definition) is 6. The van der Waals surface area contributed by atoms with E-state index in [0.717, 1.165) is 16.7 Å². The van der Waals surface area contributed by atoms with Crippen LogP contribution in [0, 0.1) is 0 Å². The molecule has 2 aromatic carbocycles. The van der Waals surface area contributed by atoms with Crippen LogP contribution in [0.3, 0.4) is 0 Å². The molecule has 156 valence electrons. The number of ether oxygens (including phenoxy) is 4. The quantitative estimate of drug-likeness (QED) is 0.634. The molecular weight excluding hydrogens is 386 g/mol. The zero-order valence-corrected chi connectivity index (χ0v) is 17.1. The Balaban J connectivity index is 1.73. The van der Waals surface area contributed by atoms with E-state index in [4.69, 9.17) is 23.4 Å². The van der Waals surface area contributed by atoms with Crippen LogP contribution in [0.4, 0.5) is 0 Å². The number of carbonyl (C=O) groups excluding carboxylic acids is 1. The number of nitrogens with zero attached hydrogens (tertiary/aromatic N) is 1. The molecule has 3 aromatic rings. The van der Waals surface area contributed by atoms with Crippen molar-refractivity contribution in [1.29, 1.82) is 0 Å². The largest absolute Gasteiger partial charge is 0.493 e. The Morgan fingerprint density at radius 1 is 0.933 bits per heavy atom. The molecule has 0 radical (unpaired) electrons. The van der Waals surface area contributed by atoms with Crippen LogP contribution in [0.15, 0.2) is 53.3 Å². The first-order valence-corrected chi connectivity index (χ1v) is 9.52. The predicted molar refractivity (Wildman–Crippen MR) is 110 cm³/mol. The molecule has 7 nitrogen and oxygen atoms in total. The predicted octanol–water partition coefficient (Wildman–Crippen LogP) is 4.01. The molecule has 1 amide bonds. The van der Waals surface area contributed by atoms with Crippen molar-refractivity contribution in [3.05, 3.63) is 60.1 Å². The van der Waals surface area contributed by atoms with Crippen molar-refractivity contribution in [1.82, 2.24) is 4.90 Å². The van der Waals surface area contributed by atoms with Gasteiger partial charge < -0.3 is 28.3 Å². The van der Waals surface area contributed by atoms with Gasteiger partial charge >= 0.3 is 0 Å². The third-order valence-corrected chi connectivity index (χ3v) is 5.09. The van der Waals surface area contributed by atoms with Gasteiger partial charge in [0, 0.05) is 12.1 Å². The Morgan fingerprint density at radius 2 is 1.70 bits per heavy atom. The van der Waals surface area contributed by atoms with Crippen LogP contribution in [0.1, 0.15) is 15.9 Å². The summed E-state index contributed by atoms with van der Waals surface area (Å²) in [6, 6.07) is 11.3. The van der Waals surface area contributed by atoms with E-state index in [1.54, 1.807) is 32.3 Å². The van der Waals surface area contributed by atoms with Crippen LogP contribution in [0.5, 0.6) is 23.0 Å². The van der Waals surface area contributed by atoms with Gasteiger partial charge in [0.1, 0.15) is 12.9 Å². The summed E-state index contributed by atoms with van der Waals surface area (Å²) in [7, 11) is 4.81. The van der Waals surface area contributed by atoms with Crippen LogP contribution in [0.25, 0.3) is 11.1 Å². The summed E-state index contributed by atoms with van der Waals surface area (Å²) in [4.78, 5) is 14.6. The molecular formula is C23H23NO6. The molecule has 0 spiro atoms. The van der Waals surface area contributed by atoms with E-state index in [-0.39, 0.29) is 5.91 Å². The minimum absolute atomic E-state index is 0.101. The van der Waals surface area contributed by atoms with E-state index in [9.17, 15) is 4.79 Å². The normalized spacial score (nSPS) is 13.1. The number of fused-ring (bicyclic) bond motifs is 1. The average molecular weight is 409 g/mol. The summed E-state index contributed by atoms with van der Waals surface area (Å²) in [6.45, 7) is 1.24. The summed E-state index contributed by atoms with van der Waals surface area (Å²) in [5, 5.41) is 0. The highest BCUT2D eigenvalue weighted by Gasteiger charge is 2.25. The Labute approximate surface area is 174 Å². The zero-order chi connectivity index (χ0) is 21.1. The zero-order valence-electron chi connectivity index (χ0n) is 17.1. The second kappa shape index (κ2) is 8.41. The lowest BCUT2D eigenvalue weighted by molar-refractivity contribution is 0.0732. The van der Waals surface area contributed by atoms with Gasteiger partial charge in [-0.05, 0) is 41.5 Å². The van der Waals surface area contributed by atoms with Gasteiger partial charge in [0.2, 0.25) is 0 Å². The van der Waals surface area contributed by atoms with Gasteiger partial charge in [0.15, 0.2) is 23.0 Å². The molecule has 7 heteroatoms. The molecule has 0 atom stereocenters. The number of rotatable bonds is 5. The average Bonchev–Trinajstić information content (AvgIpc) is 3.24. The molecule has 1 aliphatic rings. The molecule has 0 unspecified atom stereocenters. The molecule has 0 saturated carbocycles. The van der Waals surface area contributed by atoms with Crippen molar-refractivity contribution < 1.29 is 28.2 Å². The highest BCUT2D eigenvalue weighted by molar-refractivity contribution is 5.94. The summed E-state index contributed by atoms with van der Waals surface area (Å²) in [6.07, 6.45) is 2.95. The molecule has 0 aliphatic carbocycles. The van der Waals surface area contributed by atoms with Crippen LogP contribution in [-0.2, 0) is 6.54 Å². The second-order valence-corrected chi connectivity index (χ2v) is 6.82. The van der Waals surface area contributed by atoms with E-state index in [0.29, 0.717) is 48.3 Å². The first-order chi connectivity index (χ1) is 14.6. The van der Waals surface area contributed by atoms with Crippen molar-refractivity contribution >= 4 is 5.91 Å². The number of methoxy groups -OCH3 is 3. The van der Waals surface area contributed by atoms with E-state index in [1.807, 2.05) is 30.3 Å². The molecule has 1 aliphatic heterocycles. The minimum atomic E-state index is -0.101. The summed E-state index contributed by atoms with van der Waals surface area (Å²) in [5.41, 5.74) is 3.24. The van der Waals surface area contributed by atoms with E-state index in [1.165, 1.54) is 12.5 Å². The lowest BCUT2D eigenvalue weighted by Gasteiger charge is -2.19. The maximum atomic E-state index is 12.8. The van der Waals surface area contributed by atoms with Crippen LogP contribution in [-0.4, -0.2) is 45.3 Å². The van der Waals surface area contributed by atoms with E-state index >= 15 is 0 Å². The van der Waals surface area contributed by atoms with Gasteiger partial charge in [-0.15, -0.1) is 0 Å². The molecule has 1 aromatic heterocycles. The highest BCUT2D eigenvalue weighted by Crippen LogP contribution is 2.40. The van der Waals surface area contributed by atoms with E-state index in [2.05, 4.69) is 0 Å². The first kappa shape index (κ1) is 19.7. The van der Waals surface area contributed by atoms with Gasteiger partial charge in [0.25, 0.3) is 5.91 Å². The van der Waals surface area contributed by atoms with Crippen molar-refractivity contribution in [2.24, 2.45) is 0 Å². The van der Waals surface area contributed by atoms with Crippen LogP contribution >= 0.6 is 0 Å². The molecule has 0 bridgehead atoms. The Kier molecular flexibility index (Phi) is 5.52. The summed E-state index contributed by atoms with van der Waals surface area (Å²) in [5.74, 6) is 2.47. The second-order valence-electron chi connectivity index (χ2n) is 6.82. The number of benzene rings is 2. The Hall–Kier alpha value is -3.61. The van der Waals surface area contributed by atoms with Crippen molar-refractivity contribution in [3.8, 4) is 34.1 Å². The van der Waals surface area contributed by atoms with Gasteiger partial charge in [-0.25, -0.2) is 0 Å². The third kappa shape index (κ3) is 3.66. The van der Waals surface area contributed by atoms with Crippen molar-refractivity contribution in [2.45, 2.75) is 6.54 Å². The SMILES string of the molecule is COc1ccc(-c2cc3c(c(OC)c2)OCCN(C(=O)c2ccoc2)C3)cc1OC. The molecule has 0 N–H and O–H groups in total. The maximum Gasteiger partial charge on any atom is 0.257 e. The number of amides is 1. The number of hydrogen-bond donors (Lipinski definition) is 0. The number of carbonyl (C=O) groups is 1. The first-order valence-electron chi connectivity index (χ1n) is 9.52. The third-order valence-electron chi connectivity index (χ3n) is 5.09. The van der Waals surface area contributed by atoms with Crippen molar-refractivity contribution in [2.75, 3.05) is 34.5 Å². The van der Waals surface area contributed by atoms with Gasteiger partial charge in [-0.3, -0.25) is 4.79 Å². The monoisotopic (exact) mass is 409 g/mol. The highest BCUT2D eigenvalue weighted by atomic mass is 16.5. The molecule has 30 heavy (non-hydrogen) atoms. The fourth-order valence-electron chi connectivity index (χ4n) is 3.56. The standard InChI is InChI=1S/C23H23NO6/c1-26-19-5-4-15(11-20(19)27-2)17-10-18-13-24(23(25)16-6-8-29-14-16)7-9-30-22(18)21(12-17)28-3/h4-6,8,10-12,14H,7,9,13H2,1-3H3. The Bertz CT molecular complexity index is 1040. The fraction of sp³-hybridized carbons (Fsp3) is 0.261. The van der Waals surface area contributed by atoms with Crippen LogP contribution < -0.4 is 18.9 Å². The van der Waals surface area contributed by atoms with E-state index < -0.39 is 0 Å². The van der Waals surface area contributed by atoms with Gasteiger partial charge in [-0.1, -0.05) is 6.07 Å². The lowest BCUT2D eigenvalue weighted by atomic mass is 10.0. The van der Waals surface area contributed by atoms with Gasteiger partial charge in [-0.2, -0.15) is 0 Å². The summed E-state index contributed by atoms with van der Waals surface area (Å²) < 4.78 is 27.4. The minimum Gasteiger partial charge on any atom is -0.493 e. The van der Waals surface area contributed by atoms with Crippen LogP contribution in [0.2, 0.25) is 0 Å². The number of furan rings is 1. The molecule has 0 saturated heterocycles. The summed E-state index contributed by atoms with van der Waals surface area (Å²) >= 11 is 0. The maximum absolute atomic E-state index is 12.8. The smallest absolute Gasteiger partial charge is 0.257 e. The molecule has 4 rings (SSSR count). The Morgan fingerprint density at radius 3 is 2.40 bits per heavy atom. The van der Waals surface area contributed by atoms with Gasteiger partial charge in [0.05, 0.1) is 39.7 Å². The lowest BCUT2D eigenvalue weighted by Crippen LogP contribution is -2.32. The molecule has 0 fully saturated rings. The van der Waals surface area contributed by atoms with Crippen molar-refractivity contribution in [3.63, 3.8) is 0 Å².